The summed E-state index contributed by atoms with van der Waals surface area (Å²) in [5.74, 6) is -1.29. The maximum absolute atomic E-state index is 13.9. The van der Waals surface area contributed by atoms with Crippen LogP contribution in [0.5, 0.6) is 0 Å². The minimum absolute atomic E-state index is 0.0412. The number of likely N-dealkylation sites (tertiary alicyclic amines) is 1. The summed E-state index contributed by atoms with van der Waals surface area (Å²) < 4.78 is 13.9. The van der Waals surface area contributed by atoms with Crippen LogP contribution < -0.4 is 5.73 Å². The smallest absolute Gasteiger partial charge is 0.257 e. The van der Waals surface area contributed by atoms with E-state index in [2.05, 4.69) is 5.16 Å². The molecule has 3 N–H and O–H groups in total. The molecule has 0 radical (unpaired) electrons. The number of amides is 1. The van der Waals surface area contributed by atoms with Gasteiger partial charge in [0.15, 0.2) is 11.7 Å². The van der Waals surface area contributed by atoms with Crippen molar-refractivity contribution in [1.29, 1.82) is 0 Å². The lowest BCUT2D eigenvalue weighted by Gasteiger charge is -2.34. The van der Waals surface area contributed by atoms with Crippen LogP contribution in [0.2, 0.25) is 5.02 Å². The van der Waals surface area contributed by atoms with Gasteiger partial charge in [0.05, 0.1) is 16.6 Å². The summed E-state index contributed by atoms with van der Waals surface area (Å²) in [4.78, 5) is 13.9. The van der Waals surface area contributed by atoms with E-state index in [1.165, 1.54) is 23.1 Å². The molecule has 1 aliphatic heterocycles. The Morgan fingerprint density at radius 3 is 2.95 bits per heavy atom. The van der Waals surface area contributed by atoms with Crippen molar-refractivity contribution in [2.75, 3.05) is 6.54 Å². The summed E-state index contributed by atoms with van der Waals surface area (Å²) >= 11 is 5.69. The quantitative estimate of drug-likeness (QED) is 0.380. The Hall–Kier alpha value is -1.82. The summed E-state index contributed by atoms with van der Waals surface area (Å²) in [5.41, 5.74) is 5.51. The first-order chi connectivity index (χ1) is 9.56. The van der Waals surface area contributed by atoms with E-state index >= 15 is 0 Å². The first-order valence-corrected chi connectivity index (χ1v) is 6.66. The fourth-order valence-electron chi connectivity index (χ4n) is 2.37. The first-order valence-electron chi connectivity index (χ1n) is 6.28. The minimum Gasteiger partial charge on any atom is -0.409 e. The van der Waals surface area contributed by atoms with E-state index in [1.54, 1.807) is 0 Å². The van der Waals surface area contributed by atoms with Gasteiger partial charge in [0.25, 0.3) is 5.91 Å². The van der Waals surface area contributed by atoms with Gasteiger partial charge >= 0.3 is 0 Å². The summed E-state index contributed by atoms with van der Waals surface area (Å²) in [6.45, 7) is 0.436. The molecule has 1 aromatic carbocycles. The lowest BCUT2D eigenvalue weighted by atomic mass is 10.00. The third-order valence-corrected chi connectivity index (χ3v) is 3.69. The van der Waals surface area contributed by atoms with Crippen molar-refractivity contribution in [3.8, 4) is 0 Å². The molecule has 5 nitrogen and oxygen atoms in total. The van der Waals surface area contributed by atoms with Gasteiger partial charge in [0, 0.05) is 6.54 Å². The Bertz CT molecular complexity index is 550. The van der Waals surface area contributed by atoms with Crippen molar-refractivity contribution < 1.29 is 14.4 Å². The van der Waals surface area contributed by atoms with Gasteiger partial charge in [0.2, 0.25) is 0 Å². The van der Waals surface area contributed by atoms with Crippen molar-refractivity contribution in [3.63, 3.8) is 0 Å². The van der Waals surface area contributed by atoms with Gasteiger partial charge in [-0.25, -0.2) is 4.39 Å². The van der Waals surface area contributed by atoms with Crippen molar-refractivity contribution in [2.24, 2.45) is 10.9 Å². The number of benzene rings is 1. The Kier molecular flexibility index (Phi) is 4.44. The van der Waals surface area contributed by atoms with Gasteiger partial charge in [-0.05, 0) is 31.4 Å². The van der Waals surface area contributed by atoms with Crippen LogP contribution >= 0.6 is 11.6 Å². The highest BCUT2D eigenvalue weighted by Crippen LogP contribution is 2.24. The Morgan fingerprint density at radius 1 is 1.50 bits per heavy atom. The van der Waals surface area contributed by atoms with Crippen LogP contribution in [0, 0.1) is 5.82 Å². The van der Waals surface area contributed by atoms with Crippen molar-refractivity contribution in [3.05, 3.63) is 34.6 Å². The number of halogens is 2. The molecule has 1 unspecified atom stereocenters. The van der Waals surface area contributed by atoms with Crippen LogP contribution in [-0.4, -0.2) is 34.4 Å². The predicted octanol–water partition coefficient (Wildman–Crippen LogP) is 2.22. The highest BCUT2D eigenvalue weighted by Gasteiger charge is 2.31. The van der Waals surface area contributed by atoms with Gasteiger partial charge in [-0.2, -0.15) is 0 Å². The zero-order chi connectivity index (χ0) is 14.7. The average Bonchev–Trinajstić information content (AvgIpc) is 2.48. The Balaban J connectivity index is 2.32. The number of amidine groups is 1. The molecule has 108 valence electrons. The number of nitrogens with two attached hydrogens (primary N) is 1. The second-order valence-corrected chi connectivity index (χ2v) is 5.04. The zero-order valence-corrected chi connectivity index (χ0v) is 11.5. The highest BCUT2D eigenvalue weighted by molar-refractivity contribution is 6.31. The summed E-state index contributed by atoms with van der Waals surface area (Å²) in [7, 11) is 0. The summed E-state index contributed by atoms with van der Waals surface area (Å²) in [5, 5.41) is 11.6. The zero-order valence-electron chi connectivity index (χ0n) is 10.7. The number of carbonyl (C=O) groups is 1. The van der Waals surface area contributed by atoms with E-state index < -0.39 is 17.8 Å². The standard InChI is InChI=1S/C13H15ClFN3O2/c14-9-5-3-4-8(11(9)15)13(19)18-7-2-1-6-10(18)12(16)17-20/h3-5,10,20H,1-2,6-7H2,(H2,16,17). The first kappa shape index (κ1) is 14.6. The summed E-state index contributed by atoms with van der Waals surface area (Å²) in [6, 6.07) is 3.76. The molecule has 1 aromatic rings. The second-order valence-electron chi connectivity index (χ2n) is 4.64. The number of hydrogen-bond donors (Lipinski definition) is 2. The molecule has 1 amide bonds. The largest absolute Gasteiger partial charge is 0.409 e. The molecular formula is C13H15ClFN3O2. The molecule has 0 bridgehead atoms. The molecule has 1 atom stereocenters. The van der Waals surface area contributed by atoms with E-state index in [-0.39, 0.29) is 16.4 Å². The SMILES string of the molecule is N/C(=N/O)C1CCCCN1C(=O)c1cccc(Cl)c1F. The van der Waals surface area contributed by atoms with E-state index in [0.29, 0.717) is 13.0 Å². The lowest BCUT2D eigenvalue weighted by molar-refractivity contribution is 0.0672. The maximum atomic E-state index is 13.9. The number of nitrogens with zero attached hydrogens (tertiary/aromatic N) is 2. The molecule has 0 aromatic heterocycles. The van der Waals surface area contributed by atoms with Crippen LogP contribution in [0.3, 0.4) is 0 Å². The molecule has 1 aliphatic rings. The average molecular weight is 300 g/mol. The van der Waals surface area contributed by atoms with Gasteiger partial charge in [-0.1, -0.05) is 22.8 Å². The summed E-state index contributed by atoms with van der Waals surface area (Å²) in [6.07, 6.45) is 2.25. The molecule has 0 aliphatic carbocycles. The molecule has 0 spiro atoms. The predicted molar refractivity (Wildman–Crippen MR) is 73.5 cm³/mol. The Morgan fingerprint density at radius 2 is 2.25 bits per heavy atom. The van der Waals surface area contributed by atoms with Crippen LogP contribution in [0.4, 0.5) is 4.39 Å². The molecular weight excluding hydrogens is 285 g/mol. The third-order valence-electron chi connectivity index (χ3n) is 3.40. The molecule has 7 heteroatoms. The number of carbonyl (C=O) groups excluding carboxylic acids is 1. The Labute approximate surface area is 120 Å². The van der Waals surface area contributed by atoms with Gasteiger partial charge in [-0.3, -0.25) is 4.79 Å². The molecule has 0 saturated carbocycles. The molecule has 1 saturated heterocycles. The molecule has 20 heavy (non-hydrogen) atoms. The number of hydrogen-bond acceptors (Lipinski definition) is 3. The topological polar surface area (TPSA) is 78.9 Å². The van der Waals surface area contributed by atoms with Gasteiger partial charge in [-0.15, -0.1) is 0 Å². The van der Waals surface area contributed by atoms with Gasteiger partial charge in [0.1, 0.15) is 0 Å². The van der Waals surface area contributed by atoms with Crippen LogP contribution in [0.1, 0.15) is 29.6 Å². The number of oxime groups is 1. The fourth-order valence-corrected chi connectivity index (χ4v) is 2.55. The molecule has 2 rings (SSSR count). The van der Waals surface area contributed by atoms with E-state index in [1.807, 2.05) is 0 Å². The van der Waals surface area contributed by atoms with E-state index in [9.17, 15) is 9.18 Å². The number of rotatable bonds is 2. The molecule has 1 fully saturated rings. The van der Waals surface area contributed by atoms with Crippen molar-refractivity contribution >= 4 is 23.3 Å². The molecule has 1 heterocycles. The normalized spacial score (nSPS) is 20.0. The van der Waals surface area contributed by atoms with Crippen molar-refractivity contribution in [1.82, 2.24) is 4.90 Å². The van der Waals surface area contributed by atoms with Gasteiger partial charge < -0.3 is 15.8 Å². The highest BCUT2D eigenvalue weighted by atomic mass is 35.5. The minimum atomic E-state index is -0.747. The fraction of sp³-hybridized carbons (Fsp3) is 0.385. The van der Waals surface area contributed by atoms with Crippen LogP contribution in [0.25, 0.3) is 0 Å². The maximum Gasteiger partial charge on any atom is 0.257 e. The van der Waals surface area contributed by atoms with Crippen LogP contribution in [-0.2, 0) is 0 Å². The van der Waals surface area contributed by atoms with E-state index in [4.69, 9.17) is 22.5 Å². The second kappa shape index (κ2) is 6.09. The monoisotopic (exact) mass is 299 g/mol. The number of piperidine rings is 1. The third kappa shape index (κ3) is 2.70. The lowest BCUT2D eigenvalue weighted by Crippen LogP contribution is -2.50. The van der Waals surface area contributed by atoms with Crippen molar-refractivity contribution in [2.45, 2.75) is 25.3 Å². The van der Waals surface area contributed by atoms with Crippen LogP contribution in [0.15, 0.2) is 23.4 Å². The van der Waals surface area contributed by atoms with E-state index in [0.717, 1.165) is 12.8 Å².